The monoisotopic (exact) mass is 353 g/mol. The molecule has 0 aliphatic heterocycles. The molecule has 2 N–H and O–H groups in total. The van der Waals surface area contributed by atoms with E-state index in [-0.39, 0.29) is 11.7 Å². The molecule has 4 nitrogen and oxygen atoms in total. The molecule has 0 saturated heterocycles. The molecular formula is C21H24FN3O. The summed E-state index contributed by atoms with van der Waals surface area (Å²) in [6, 6.07) is 11.2. The highest BCUT2D eigenvalue weighted by atomic mass is 19.1. The molecule has 2 aromatic carbocycles. The SMILES string of the molecule is CNC(=O)CCCCCCc1ncc(-c2ccc3ccccc3c2F)[nH]1. The molecule has 0 saturated carbocycles. The Balaban J connectivity index is 1.57. The Bertz CT molecular complexity index is 888. The van der Waals surface area contributed by atoms with Crippen LogP contribution in [0.15, 0.2) is 42.6 Å². The van der Waals surface area contributed by atoms with Crippen molar-refractivity contribution < 1.29 is 9.18 Å². The molecule has 3 rings (SSSR count). The lowest BCUT2D eigenvalue weighted by Crippen LogP contribution is -2.16. The summed E-state index contributed by atoms with van der Waals surface area (Å²) in [5, 5.41) is 4.15. The van der Waals surface area contributed by atoms with E-state index in [0.717, 1.165) is 43.3 Å². The fourth-order valence-electron chi connectivity index (χ4n) is 3.12. The fraction of sp³-hybridized carbons (Fsp3) is 0.333. The van der Waals surface area contributed by atoms with Gasteiger partial charge >= 0.3 is 0 Å². The number of nitrogens with one attached hydrogen (secondary N) is 2. The van der Waals surface area contributed by atoms with Crippen LogP contribution in [-0.2, 0) is 11.2 Å². The second-order valence-corrected chi connectivity index (χ2v) is 6.48. The number of aryl methyl sites for hydroxylation is 1. The number of hydrogen-bond donors (Lipinski definition) is 2. The molecule has 0 radical (unpaired) electrons. The second-order valence-electron chi connectivity index (χ2n) is 6.48. The second kappa shape index (κ2) is 8.61. The van der Waals surface area contributed by atoms with Crippen molar-refractivity contribution in [2.45, 2.75) is 38.5 Å². The van der Waals surface area contributed by atoms with E-state index in [1.165, 1.54) is 0 Å². The van der Waals surface area contributed by atoms with E-state index in [1.54, 1.807) is 25.4 Å². The number of rotatable bonds is 8. The fourth-order valence-corrected chi connectivity index (χ4v) is 3.12. The van der Waals surface area contributed by atoms with Crippen molar-refractivity contribution in [2.24, 2.45) is 0 Å². The van der Waals surface area contributed by atoms with Gasteiger partial charge in [0.25, 0.3) is 0 Å². The molecule has 5 heteroatoms. The van der Waals surface area contributed by atoms with Crippen molar-refractivity contribution in [3.05, 3.63) is 54.2 Å². The van der Waals surface area contributed by atoms with Gasteiger partial charge in [-0.15, -0.1) is 0 Å². The van der Waals surface area contributed by atoms with Crippen LogP contribution in [0.2, 0.25) is 0 Å². The van der Waals surface area contributed by atoms with Crippen molar-refractivity contribution in [3.8, 4) is 11.3 Å². The number of fused-ring (bicyclic) bond motifs is 1. The molecule has 0 atom stereocenters. The molecule has 136 valence electrons. The third-order valence-corrected chi connectivity index (χ3v) is 4.63. The molecule has 1 amide bonds. The highest BCUT2D eigenvalue weighted by Crippen LogP contribution is 2.28. The first-order valence-electron chi connectivity index (χ1n) is 9.11. The van der Waals surface area contributed by atoms with Crippen LogP contribution in [0.4, 0.5) is 4.39 Å². The maximum absolute atomic E-state index is 14.8. The third kappa shape index (κ3) is 4.28. The largest absolute Gasteiger partial charge is 0.359 e. The number of carbonyl (C=O) groups is 1. The minimum atomic E-state index is -0.215. The van der Waals surface area contributed by atoms with Gasteiger partial charge in [-0.1, -0.05) is 43.2 Å². The number of aromatic amines is 1. The maximum atomic E-state index is 14.8. The summed E-state index contributed by atoms with van der Waals surface area (Å²) in [7, 11) is 1.66. The van der Waals surface area contributed by atoms with E-state index >= 15 is 0 Å². The molecule has 1 aromatic heterocycles. The molecule has 0 spiro atoms. The Morgan fingerprint density at radius 2 is 1.92 bits per heavy atom. The Morgan fingerprint density at radius 1 is 1.12 bits per heavy atom. The number of benzene rings is 2. The standard InChI is InChI=1S/C21H24FN3O/c1-23-20(26)11-5-3-2-4-10-19-24-14-18(25-19)17-13-12-15-8-6-7-9-16(15)21(17)22/h6-9,12-14H,2-5,10-11H2,1H3,(H,23,26)(H,24,25). The Kier molecular flexibility index (Phi) is 6.00. The van der Waals surface area contributed by atoms with Crippen LogP contribution in [0.5, 0.6) is 0 Å². The number of aromatic nitrogens is 2. The normalized spacial score (nSPS) is 11.0. The molecular weight excluding hydrogens is 329 g/mol. The van der Waals surface area contributed by atoms with Gasteiger partial charge in [0, 0.05) is 30.8 Å². The number of nitrogens with zero attached hydrogens (tertiary/aromatic N) is 1. The van der Waals surface area contributed by atoms with Crippen molar-refractivity contribution in [2.75, 3.05) is 7.05 Å². The number of amides is 1. The number of carbonyl (C=O) groups excluding carboxylic acids is 1. The van der Waals surface area contributed by atoms with Crippen molar-refractivity contribution >= 4 is 16.7 Å². The van der Waals surface area contributed by atoms with Crippen LogP contribution < -0.4 is 5.32 Å². The van der Waals surface area contributed by atoms with Crippen molar-refractivity contribution in [1.82, 2.24) is 15.3 Å². The quantitative estimate of drug-likeness (QED) is 0.581. The lowest BCUT2D eigenvalue weighted by Gasteiger charge is -2.05. The first-order chi connectivity index (χ1) is 12.7. The maximum Gasteiger partial charge on any atom is 0.219 e. The lowest BCUT2D eigenvalue weighted by atomic mass is 10.0. The predicted octanol–water partition coefficient (Wildman–Crippen LogP) is 4.61. The molecule has 0 fully saturated rings. The molecule has 3 aromatic rings. The molecule has 0 bridgehead atoms. The zero-order valence-corrected chi connectivity index (χ0v) is 15.0. The van der Waals surface area contributed by atoms with Crippen molar-refractivity contribution in [1.29, 1.82) is 0 Å². The third-order valence-electron chi connectivity index (χ3n) is 4.63. The van der Waals surface area contributed by atoms with Gasteiger partial charge in [-0.05, 0) is 24.3 Å². The molecule has 26 heavy (non-hydrogen) atoms. The van der Waals surface area contributed by atoms with Crippen LogP contribution in [0.1, 0.15) is 37.9 Å². The van der Waals surface area contributed by atoms with Gasteiger partial charge in [-0.3, -0.25) is 4.79 Å². The average Bonchev–Trinajstić information content (AvgIpc) is 3.13. The Labute approximate surface area is 152 Å². The van der Waals surface area contributed by atoms with Crippen molar-refractivity contribution in [3.63, 3.8) is 0 Å². The first kappa shape index (κ1) is 18.1. The summed E-state index contributed by atoms with van der Waals surface area (Å²) < 4.78 is 14.8. The van der Waals surface area contributed by atoms with E-state index in [0.29, 0.717) is 23.1 Å². The summed E-state index contributed by atoms with van der Waals surface area (Å²) in [4.78, 5) is 18.8. The van der Waals surface area contributed by atoms with E-state index in [9.17, 15) is 9.18 Å². The summed E-state index contributed by atoms with van der Waals surface area (Å²) in [6.45, 7) is 0. The van der Waals surface area contributed by atoms with Crippen LogP contribution in [-0.4, -0.2) is 22.9 Å². The summed E-state index contributed by atoms with van der Waals surface area (Å²) >= 11 is 0. The lowest BCUT2D eigenvalue weighted by molar-refractivity contribution is -0.120. The Morgan fingerprint density at radius 3 is 2.77 bits per heavy atom. The predicted molar refractivity (Wildman–Crippen MR) is 102 cm³/mol. The summed E-state index contributed by atoms with van der Waals surface area (Å²) in [5.74, 6) is 0.754. The zero-order chi connectivity index (χ0) is 18.4. The van der Waals surface area contributed by atoms with Gasteiger partial charge in [0.15, 0.2) is 0 Å². The topological polar surface area (TPSA) is 57.8 Å². The van der Waals surface area contributed by atoms with Gasteiger partial charge < -0.3 is 10.3 Å². The van der Waals surface area contributed by atoms with E-state index in [4.69, 9.17) is 0 Å². The summed E-state index contributed by atoms with van der Waals surface area (Å²) in [6.07, 6.45) is 7.11. The molecule has 1 heterocycles. The first-order valence-corrected chi connectivity index (χ1v) is 9.11. The van der Waals surface area contributed by atoms with Gasteiger partial charge in [0.1, 0.15) is 11.6 Å². The highest BCUT2D eigenvalue weighted by Gasteiger charge is 2.11. The molecule has 0 unspecified atom stereocenters. The Hall–Kier alpha value is -2.69. The van der Waals surface area contributed by atoms with Gasteiger partial charge in [-0.2, -0.15) is 0 Å². The van der Waals surface area contributed by atoms with Crippen LogP contribution >= 0.6 is 0 Å². The smallest absolute Gasteiger partial charge is 0.219 e. The number of halogens is 1. The number of hydrogen-bond acceptors (Lipinski definition) is 2. The minimum absolute atomic E-state index is 0.0955. The minimum Gasteiger partial charge on any atom is -0.359 e. The number of H-pyrrole nitrogens is 1. The zero-order valence-electron chi connectivity index (χ0n) is 15.0. The number of unbranched alkanes of at least 4 members (excludes halogenated alkanes) is 3. The van der Waals surface area contributed by atoms with Gasteiger partial charge in [-0.25, -0.2) is 9.37 Å². The van der Waals surface area contributed by atoms with Gasteiger partial charge in [0.05, 0.1) is 11.9 Å². The average molecular weight is 353 g/mol. The summed E-state index contributed by atoms with van der Waals surface area (Å²) in [5.41, 5.74) is 1.26. The van der Waals surface area contributed by atoms with Crippen LogP contribution in [0.3, 0.4) is 0 Å². The van der Waals surface area contributed by atoms with E-state index < -0.39 is 0 Å². The number of imidazole rings is 1. The molecule has 0 aliphatic carbocycles. The highest BCUT2D eigenvalue weighted by molar-refractivity contribution is 5.87. The van der Waals surface area contributed by atoms with E-state index in [1.807, 2.05) is 24.3 Å². The van der Waals surface area contributed by atoms with E-state index in [2.05, 4.69) is 15.3 Å². The van der Waals surface area contributed by atoms with Crippen LogP contribution in [0, 0.1) is 5.82 Å². The van der Waals surface area contributed by atoms with Gasteiger partial charge in [0.2, 0.25) is 5.91 Å². The van der Waals surface area contributed by atoms with Crippen LogP contribution in [0.25, 0.3) is 22.0 Å². The molecule has 0 aliphatic rings.